The third-order valence-electron chi connectivity index (χ3n) is 3.79. The van der Waals surface area contributed by atoms with Crippen LogP contribution in [0.15, 0.2) is 0 Å². The molecular formula is C13H26N2OS. The molecule has 0 spiro atoms. The van der Waals surface area contributed by atoms with Crippen LogP contribution in [0.4, 0.5) is 0 Å². The Morgan fingerprint density at radius 2 is 2.06 bits per heavy atom. The fourth-order valence-corrected chi connectivity index (χ4v) is 3.85. The van der Waals surface area contributed by atoms with E-state index < -0.39 is 0 Å². The van der Waals surface area contributed by atoms with Gasteiger partial charge in [-0.3, -0.25) is 0 Å². The van der Waals surface area contributed by atoms with Crippen molar-refractivity contribution in [1.29, 1.82) is 0 Å². The van der Waals surface area contributed by atoms with Crippen LogP contribution in [0.1, 0.15) is 32.1 Å². The number of rotatable bonds is 5. The van der Waals surface area contributed by atoms with Crippen LogP contribution >= 0.6 is 11.8 Å². The average molecular weight is 258 g/mol. The topological polar surface area (TPSA) is 35.5 Å². The number of β-amino-alcohol motifs (C(OH)–C–C–N with tert-alkyl or cyclic N) is 1. The third kappa shape index (κ3) is 5.16. The smallest absolute Gasteiger partial charge is 0.0667 e. The largest absolute Gasteiger partial charge is 0.392 e. The highest BCUT2D eigenvalue weighted by Crippen LogP contribution is 2.16. The van der Waals surface area contributed by atoms with E-state index >= 15 is 0 Å². The number of likely N-dealkylation sites (tertiary alicyclic amines) is 1. The minimum Gasteiger partial charge on any atom is -0.392 e. The summed E-state index contributed by atoms with van der Waals surface area (Å²) in [6.07, 6.45) is 5.98. The molecule has 100 valence electrons. The molecule has 1 unspecified atom stereocenters. The summed E-state index contributed by atoms with van der Waals surface area (Å²) in [6.45, 7) is 4.35. The van der Waals surface area contributed by atoms with Crippen molar-refractivity contribution in [3.63, 3.8) is 0 Å². The number of piperidine rings is 1. The van der Waals surface area contributed by atoms with E-state index in [-0.39, 0.29) is 6.10 Å². The minimum atomic E-state index is -0.0768. The van der Waals surface area contributed by atoms with Gasteiger partial charge in [0.2, 0.25) is 0 Å². The maximum absolute atomic E-state index is 9.58. The Labute approximate surface area is 109 Å². The summed E-state index contributed by atoms with van der Waals surface area (Å²) >= 11 is 2.08. The second-order valence-electron chi connectivity index (χ2n) is 5.29. The average Bonchev–Trinajstić information content (AvgIpc) is 2.36. The summed E-state index contributed by atoms with van der Waals surface area (Å²) in [4.78, 5) is 2.41. The molecule has 17 heavy (non-hydrogen) atoms. The molecule has 0 aromatic heterocycles. The van der Waals surface area contributed by atoms with E-state index in [1.54, 1.807) is 0 Å². The van der Waals surface area contributed by atoms with Gasteiger partial charge in [0.15, 0.2) is 0 Å². The molecule has 0 aromatic carbocycles. The Morgan fingerprint density at radius 1 is 1.24 bits per heavy atom. The van der Waals surface area contributed by atoms with Crippen molar-refractivity contribution in [3.8, 4) is 0 Å². The first-order chi connectivity index (χ1) is 8.34. The molecule has 2 heterocycles. The molecule has 0 bridgehead atoms. The highest BCUT2D eigenvalue weighted by Gasteiger charge is 2.17. The van der Waals surface area contributed by atoms with E-state index in [0.717, 1.165) is 38.5 Å². The Morgan fingerprint density at radius 3 is 2.82 bits per heavy atom. The molecule has 2 aliphatic rings. The number of aliphatic hydroxyl groups excluding tert-OH is 1. The first-order valence-electron chi connectivity index (χ1n) is 7.06. The highest BCUT2D eigenvalue weighted by atomic mass is 32.2. The zero-order valence-electron chi connectivity index (χ0n) is 10.7. The first kappa shape index (κ1) is 13.7. The van der Waals surface area contributed by atoms with Crippen molar-refractivity contribution in [3.05, 3.63) is 0 Å². The van der Waals surface area contributed by atoms with Gasteiger partial charge in [0.05, 0.1) is 6.10 Å². The summed E-state index contributed by atoms with van der Waals surface area (Å²) in [5.74, 6) is 2.66. The van der Waals surface area contributed by atoms with Crippen LogP contribution in [0, 0.1) is 0 Å². The van der Waals surface area contributed by atoms with Crippen LogP contribution in [0.3, 0.4) is 0 Å². The van der Waals surface area contributed by atoms with Gasteiger partial charge in [0.1, 0.15) is 0 Å². The Hall–Kier alpha value is 0.230. The highest BCUT2D eigenvalue weighted by molar-refractivity contribution is 7.99. The molecule has 2 N–H and O–H groups in total. The zero-order valence-corrected chi connectivity index (χ0v) is 11.6. The molecular weight excluding hydrogens is 232 g/mol. The molecule has 3 nitrogen and oxygen atoms in total. The molecule has 0 aromatic rings. The number of thioether (sulfide) groups is 1. The van der Waals surface area contributed by atoms with Crippen molar-refractivity contribution in [2.24, 2.45) is 0 Å². The number of nitrogens with zero attached hydrogens (tertiary/aromatic N) is 1. The number of nitrogens with one attached hydrogen (secondary N) is 1. The Kier molecular flexibility index (Phi) is 6.12. The first-order valence-corrected chi connectivity index (χ1v) is 8.21. The summed E-state index contributed by atoms with van der Waals surface area (Å²) in [5, 5.41) is 13.3. The quantitative estimate of drug-likeness (QED) is 0.729. The lowest BCUT2D eigenvalue weighted by atomic mass is 10.1. The van der Waals surface area contributed by atoms with Crippen LogP contribution in [0.2, 0.25) is 0 Å². The lowest BCUT2D eigenvalue weighted by Gasteiger charge is -2.30. The molecule has 0 saturated carbocycles. The maximum atomic E-state index is 9.58. The fraction of sp³-hybridized carbons (Fsp3) is 1.00. The van der Waals surface area contributed by atoms with Crippen molar-refractivity contribution in [2.45, 2.75) is 44.2 Å². The summed E-state index contributed by atoms with van der Waals surface area (Å²) in [7, 11) is 0. The number of aliphatic hydroxyl groups is 1. The van der Waals surface area contributed by atoms with Gasteiger partial charge in [-0.15, -0.1) is 0 Å². The molecule has 0 radical (unpaired) electrons. The Bertz CT molecular complexity index is 210. The van der Waals surface area contributed by atoms with E-state index in [9.17, 15) is 5.11 Å². The summed E-state index contributed by atoms with van der Waals surface area (Å²) in [5.41, 5.74) is 0. The van der Waals surface area contributed by atoms with Gasteiger partial charge in [0.25, 0.3) is 0 Å². The van der Waals surface area contributed by atoms with E-state index in [1.165, 1.54) is 37.3 Å². The van der Waals surface area contributed by atoms with Gasteiger partial charge in [-0.05, 0) is 63.2 Å². The maximum Gasteiger partial charge on any atom is 0.0667 e. The second kappa shape index (κ2) is 7.62. The Balaban J connectivity index is 1.50. The van der Waals surface area contributed by atoms with E-state index in [4.69, 9.17) is 0 Å². The van der Waals surface area contributed by atoms with Crippen LogP contribution in [0.5, 0.6) is 0 Å². The zero-order chi connectivity index (χ0) is 11.9. The minimum absolute atomic E-state index is 0.0768. The van der Waals surface area contributed by atoms with E-state index in [1.807, 2.05) is 0 Å². The molecule has 2 fully saturated rings. The normalized spacial score (nSPS) is 28.4. The molecule has 1 atom stereocenters. The number of hydrogen-bond donors (Lipinski definition) is 2. The lowest BCUT2D eigenvalue weighted by Crippen LogP contribution is -2.40. The molecule has 0 aliphatic carbocycles. The fourth-order valence-electron chi connectivity index (χ4n) is 2.74. The SMILES string of the molecule is OC1CCCN(CCCNC2CCSCC2)C1. The molecule has 2 aliphatic heterocycles. The van der Waals surface area contributed by atoms with Crippen molar-refractivity contribution in [1.82, 2.24) is 10.2 Å². The molecule has 4 heteroatoms. The van der Waals surface area contributed by atoms with Gasteiger partial charge in [-0.2, -0.15) is 11.8 Å². The van der Waals surface area contributed by atoms with Gasteiger partial charge in [0, 0.05) is 12.6 Å². The van der Waals surface area contributed by atoms with Crippen LogP contribution in [-0.4, -0.2) is 59.8 Å². The number of hydrogen-bond acceptors (Lipinski definition) is 4. The molecule has 2 rings (SSSR count). The molecule has 2 saturated heterocycles. The van der Waals surface area contributed by atoms with E-state index in [2.05, 4.69) is 22.0 Å². The van der Waals surface area contributed by atoms with Crippen molar-refractivity contribution >= 4 is 11.8 Å². The van der Waals surface area contributed by atoms with Crippen LogP contribution < -0.4 is 5.32 Å². The standard InChI is InChI=1S/C13H26N2OS/c16-13-3-1-7-15(11-13)8-2-6-14-12-4-9-17-10-5-12/h12-14,16H,1-11H2. The summed E-state index contributed by atoms with van der Waals surface area (Å²) < 4.78 is 0. The van der Waals surface area contributed by atoms with Crippen LogP contribution in [-0.2, 0) is 0 Å². The monoisotopic (exact) mass is 258 g/mol. The molecule has 0 amide bonds. The van der Waals surface area contributed by atoms with Crippen molar-refractivity contribution in [2.75, 3.05) is 37.7 Å². The van der Waals surface area contributed by atoms with E-state index in [0.29, 0.717) is 0 Å². The predicted molar refractivity (Wildman–Crippen MR) is 74.6 cm³/mol. The predicted octanol–water partition coefficient (Wildman–Crippen LogP) is 1.32. The summed E-state index contributed by atoms with van der Waals surface area (Å²) in [6, 6.07) is 0.767. The van der Waals surface area contributed by atoms with Gasteiger partial charge in [-0.1, -0.05) is 0 Å². The van der Waals surface area contributed by atoms with Crippen molar-refractivity contribution < 1.29 is 5.11 Å². The third-order valence-corrected chi connectivity index (χ3v) is 4.83. The van der Waals surface area contributed by atoms with Gasteiger partial charge in [-0.25, -0.2) is 0 Å². The van der Waals surface area contributed by atoms with Gasteiger partial charge < -0.3 is 15.3 Å². The van der Waals surface area contributed by atoms with Gasteiger partial charge >= 0.3 is 0 Å². The van der Waals surface area contributed by atoms with Crippen LogP contribution in [0.25, 0.3) is 0 Å². The lowest BCUT2D eigenvalue weighted by molar-refractivity contribution is 0.0700. The second-order valence-corrected chi connectivity index (χ2v) is 6.52.